The molecule has 2 saturated carbocycles. The first-order valence-corrected chi connectivity index (χ1v) is 26.2. The Balaban J connectivity index is 1.19. The summed E-state index contributed by atoms with van der Waals surface area (Å²) in [5, 5.41) is 42.6. The molecule has 8 rings (SSSR count). The number of hydrogen-bond donors (Lipinski definition) is 4. The highest BCUT2D eigenvalue weighted by atomic mass is 16.6. The lowest BCUT2D eigenvalue weighted by molar-refractivity contribution is -0.345. The molecule has 20 heteroatoms. The van der Waals surface area contributed by atoms with Gasteiger partial charge in [-0.1, -0.05) is 105 Å². The number of nitrogens with one attached hydrogen (secondary N) is 2. The number of aliphatic hydroxyl groups is 2. The zero-order valence-corrected chi connectivity index (χ0v) is 45.0. The Kier molecular flexibility index (Phi) is 16.9. The monoisotopic (exact) mass is 1100 g/mol. The summed E-state index contributed by atoms with van der Waals surface area (Å²) >= 11 is 0. The number of amides is 2. The van der Waals surface area contributed by atoms with Crippen molar-refractivity contribution in [1.29, 1.82) is 0 Å². The Labute approximate surface area is 461 Å². The third-order valence-corrected chi connectivity index (χ3v) is 16.2. The molecule has 1 heterocycles. The third-order valence-electron chi connectivity index (χ3n) is 16.2. The van der Waals surface area contributed by atoms with Gasteiger partial charge in [0.2, 0.25) is 0 Å². The molecule has 2 amide bonds. The van der Waals surface area contributed by atoms with Gasteiger partial charge in [-0.2, -0.15) is 0 Å². The summed E-state index contributed by atoms with van der Waals surface area (Å²) in [4.78, 5) is 124. The summed E-state index contributed by atoms with van der Waals surface area (Å²) in [5.74, 6) is -9.01. The van der Waals surface area contributed by atoms with E-state index in [9.17, 15) is 53.7 Å². The lowest BCUT2D eigenvalue weighted by atomic mass is 9.44. The molecule has 3 fully saturated rings. The van der Waals surface area contributed by atoms with Gasteiger partial charge in [0.1, 0.15) is 35.8 Å². The maximum atomic E-state index is 16.3. The number of aromatic carboxylic acids is 1. The van der Waals surface area contributed by atoms with Crippen molar-refractivity contribution >= 4 is 53.4 Å². The van der Waals surface area contributed by atoms with Crippen LogP contribution in [0.1, 0.15) is 115 Å². The predicted octanol–water partition coefficient (Wildman–Crippen LogP) is 4.43. The van der Waals surface area contributed by atoms with Crippen molar-refractivity contribution in [3.63, 3.8) is 0 Å². The number of carboxylic acid groups (broad SMARTS) is 1. The van der Waals surface area contributed by atoms with Gasteiger partial charge >= 0.3 is 30.0 Å². The molecule has 4 aliphatic rings. The standard InChI is InChI=1S/C60H64N2O18/c1-33-42(77-55(72)47(66)46(37-17-10-7-11-18-37)62-52(68)38-19-12-8-13-20-38)31-60(74)51(79-54(71)40-21-14-9-15-22-40)49-58(6,50(67)48(76-34(2)63)45(33)57(60,4)5)43(30-44-59(49,32-75-44)80-35(3)64)78-56(73)61-28-16-23-41(65)29-36-24-26-39(27-25-36)53(69)70/h7-15,17-22,24-27,42-44,46-49,51,66,74H,16,23,28-32H2,1-6H3,(H,61,73)(H,62,68)(H,69,70)/p-1/t42-,43-,44+,46-,47+,48+,49-,51-,58+,59-,60+/m0/s1. The molecule has 0 spiro atoms. The van der Waals surface area contributed by atoms with Crippen molar-refractivity contribution in [2.45, 2.75) is 128 Å². The van der Waals surface area contributed by atoms with Gasteiger partial charge in [-0.15, -0.1) is 0 Å². The molecule has 4 aromatic carbocycles. The Bertz CT molecular complexity index is 3070. The van der Waals surface area contributed by atoms with Crippen LogP contribution in [-0.2, 0) is 58.8 Å². The molecular weight excluding hydrogens is 1040 g/mol. The number of alkyl carbamates (subject to hydrolysis) is 1. The van der Waals surface area contributed by atoms with Crippen molar-refractivity contribution in [3.8, 4) is 0 Å². The predicted molar refractivity (Wildman–Crippen MR) is 279 cm³/mol. The summed E-state index contributed by atoms with van der Waals surface area (Å²) in [5.41, 5.74) is -7.43. The van der Waals surface area contributed by atoms with E-state index in [0.29, 0.717) is 11.1 Å². The number of esters is 4. The van der Waals surface area contributed by atoms with E-state index in [1.165, 1.54) is 64.1 Å². The van der Waals surface area contributed by atoms with E-state index in [1.54, 1.807) is 78.9 Å². The SMILES string of the molecule is CC(=O)O[C@H]1C(=O)[C@]2(C)[C@@H](OC(=O)NCCCC(=O)Cc3ccc(C(=O)[O-])cc3)C[C@H]3OC[C@@]3(OC(C)=O)[C@H]2[C@H](OC(=O)c2ccccc2)[C@]2(O)C[C@H](OC(=O)[C@H](O)[C@@H](NC(=O)c3ccccc3)c3ccccc3)C(C)=C1C2(C)C. The molecule has 1 saturated heterocycles. The molecule has 4 aromatic rings. The summed E-state index contributed by atoms with van der Waals surface area (Å²) in [7, 11) is 0. The van der Waals surface area contributed by atoms with E-state index in [0.717, 1.165) is 13.8 Å². The van der Waals surface area contributed by atoms with Gasteiger partial charge < -0.3 is 59.2 Å². The van der Waals surface area contributed by atoms with Gasteiger partial charge in [-0.25, -0.2) is 14.4 Å². The van der Waals surface area contributed by atoms with Crippen molar-refractivity contribution in [2.75, 3.05) is 13.2 Å². The molecule has 0 radical (unpaired) electrons. The molecular formula is C60H63N2O18-. The Morgan fingerprint density at radius 3 is 1.96 bits per heavy atom. The smallest absolute Gasteiger partial charge is 0.407 e. The van der Waals surface area contributed by atoms with Crippen LogP contribution in [0.15, 0.2) is 126 Å². The highest BCUT2D eigenvalue weighted by Crippen LogP contribution is 2.65. The van der Waals surface area contributed by atoms with Crippen molar-refractivity contribution in [2.24, 2.45) is 16.7 Å². The fraction of sp³-hybridized carbons (Fsp3) is 0.417. The van der Waals surface area contributed by atoms with Crippen LogP contribution in [0.25, 0.3) is 0 Å². The molecule has 2 bridgehead atoms. The summed E-state index contributed by atoms with van der Waals surface area (Å²) in [6.07, 6.45) is -12.3. The second-order valence-corrected chi connectivity index (χ2v) is 21.5. The topological polar surface area (TPSA) is 297 Å². The van der Waals surface area contributed by atoms with E-state index in [4.69, 9.17) is 28.4 Å². The molecule has 0 aromatic heterocycles. The summed E-state index contributed by atoms with van der Waals surface area (Å²) in [6, 6.07) is 28.1. The van der Waals surface area contributed by atoms with Gasteiger partial charge in [0.15, 0.2) is 23.6 Å². The zero-order valence-electron chi connectivity index (χ0n) is 45.0. The number of carbonyl (C=O) groups excluding carboxylic acids is 9. The third kappa shape index (κ3) is 11.2. The van der Waals surface area contributed by atoms with Gasteiger partial charge in [-0.3, -0.25) is 24.0 Å². The Hall–Kier alpha value is -8.07. The number of rotatable bonds is 18. The molecule has 3 aliphatic carbocycles. The maximum absolute atomic E-state index is 16.3. The highest BCUT2D eigenvalue weighted by Gasteiger charge is 2.79. The van der Waals surface area contributed by atoms with Crippen molar-refractivity contribution < 1.29 is 86.9 Å². The minimum atomic E-state index is -2.53. The molecule has 0 unspecified atom stereocenters. The highest BCUT2D eigenvalue weighted by molar-refractivity contribution is 5.97. The first-order valence-electron chi connectivity index (χ1n) is 26.2. The van der Waals surface area contributed by atoms with Crippen molar-refractivity contribution in [1.82, 2.24) is 10.6 Å². The van der Waals surface area contributed by atoms with Crippen LogP contribution in [0.3, 0.4) is 0 Å². The number of benzene rings is 4. The number of carbonyl (C=O) groups is 9. The first kappa shape index (κ1) is 58.1. The lowest BCUT2D eigenvalue weighted by Gasteiger charge is -2.67. The minimum absolute atomic E-state index is 0.0000940. The van der Waals surface area contributed by atoms with Gasteiger partial charge in [0.25, 0.3) is 5.91 Å². The second-order valence-electron chi connectivity index (χ2n) is 21.5. The van der Waals surface area contributed by atoms with Gasteiger partial charge in [-0.05, 0) is 72.4 Å². The van der Waals surface area contributed by atoms with Gasteiger partial charge in [0, 0.05) is 57.1 Å². The molecule has 80 heavy (non-hydrogen) atoms. The van der Waals surface area contributed by atoms with Crippen LogP contribution in [0.4, 0.5) is 4.79 Å². The maximum Gasteiger partial charge on any atom is 0.407 e. The van der Waals surface area contributed by atoms with Crippen LogP contribution in [-0.4, -0.2) is 125 Å². The van der Waals surface area contributed by atoms with Crippen molar-refractivity contribution in [3.05, 3.63) is 154 Å². The van der Waals surface area contributed by atoms with E-state index in [-0.39, 0.29) is 65.8 Å². The fourth-order valence-corrected chi connectivity index (χ4v) is 12.1. The van der Waals surface area contributed by atoms with E-state index in [2.05, 4.69) is 10.6 Å². The molecule has 422 valence electrons. The number of Topliss-reactive ketones (excluding diaryl/α,β-unsaturated/α-hetero) is 2. The van der Waals surface area contributed by atoms with E-state index >= 15 is 4.79 Å². The number of hydrogen-bond acceptors (Lipinski definition) is 18. The molecule has 4 N–H and O–H groups in total. The first-order chi connectivity index (χ1) is 37.9. The van der Waals surface area contributed by atoms with Crippen LogP contribution >= 0.6 is 0 Å². The van der Waals surface area contributed by atoms with Crippen LogP contribution in [0, 0.1) is 16.7 Å². The normalized spacial score (nSPS) is 27.1. The average molecular weight is 1100 g/mol. The van der Waals surface area contributed by atoms with Gasteiger partial charge in [0.05, 0.1) is 35.5 Å². The molecule has 11 atom stereocenters. The number of ketones is 2. The summed E-state index contributed by atoms with van der Waals surface area (Å²) < 4.78 is 37.2. The Morgan fingerprint density at radius 1 is 0.775 bits per heavy atom. The zero-order chi connectivity index (χ0) is 57.9. The number of carboxylic acids is 1. The van der Waals surface area contributed by atoms with E-state index < -0.39 is 131 Å². The lowest BCUT2D eigenvalue weighted by Crippen LogP contribution is -2.82. The average Bonchev–Trinajstić information content (AvgIpc) is 3.52. The van der Waals surface area contributed by atoms with Crippen LogP contribution in [0.5, 0.6) is 0 Å². The summed E-state index contributed by atoms with van der Waals surface area (Å²) in [6.45, 7) is 7.55. The number of ether oxygens (including phenoxy) is 6. The molecule has 1 aliphatic heterocycles. The quantitative estimate of drug-likeness (QED) is 0.0464. The largest absolute Gasteiger partial charge is 0.545 e. The van der Waals surface area contributed by atoms with Crippen LogP contribution in [0.2, 0.25) is 0 Å². The Morgan fingerprint density at radius 2 is 1.39 bits per heavy atom. The number of fused-ring (bicyclic) bond motifs is 5. The van der Waals surface area contributed by atoms with Crippen LogP contribution < -0.4 is 15.7 Å². The second kappa shape index (κ2) is 23.3. The molecule has 20 nitrogen and oxygen atoms in total. The fourth-order valence-electron chi connectivity index (χ4n) is 12.1. The minimum Gasteiger partial charge on any atom is -0.545 e. The van der Waals surface area contributed by atoms with E-state index in [1.807, 2.05) is 0 Å². The number of aliphatic hydroxyl groups excluding tert-OH is 1.